The van der Waals surface area contributed by atoms with Crippen LogP contribution in [0.4, 0.5) is 24.9 Å². The van der Waals surface area contributed by atoms with Crippen LogP contribution in [0.5, 0.6) is 0 Å². The Morgan fingerprint density at radius 2 is 2.06 bits per heavy atom. The molecule has 1 aromatic heterocycles. The smallest absolute Gasteiger partial charge is 0.355 e. The van der Waals surface area contributed by atoms with E-state index in [9.17, 15) is 13.2 Å². The van der Waals surface area contributed by atoms with E-state index in [0.717, 1.165) is 0 Å². The number of hydrogen-bond donors (Lipinski definition) is 3. The van der Waals surface area contributed by atoms with Crippen LogP contribution in [0.2, 0.25) is 5.02 Å². The molecule has 2 rings (SSSR count). The molecular formula is C8H9ClF3N5. The van der Waals surface area contributed by atoms with Crippen LogP contribution in [-0.2, 0) is 0 Å². The molecule has 1 heterocycles. The molecule has 1 saturated carbocycles. The maximum atomic E-state index is 12.7. The number of nitrogens with zero attached hydrogens (tertiary/aromatic N) is 2. The summed E-state index contributed by atoms with van der Waals surface area (Å²) in [6.07, 6.45) is -3.15. The van der Waals surface area contributed by atoms with Crippen molar-refractivity contribution in [1.29, 1.82) is 0 Å². The van der Waals surface area contributed by atoms with Gasteiger partial charge in [0.05, 0.1) is 6.20 Å². The largest absolute Gasteiger partial charge is 0.411 e. The second-order valence-electron chi connectivity index (χ2n) is 3.74. The molecule has 0 amide bonds. The molecule has 0 saturated heterocycles. The van der Waals surface area contributed by atoms with Crippen LogP contribution in [0.15, 0.2) is 6.20 Å². The summed E-state index contributed by atoms with van der Waals surface area (Å²) < 4.78 is 38.1. The number of rotatable bonds is 3. The van der Waals surface area contributed by atoms with Crippen molar-refractivity contribution in [3.63, 3.8) is 0 Å². The molecular weight excluding hydrogens is 259 g/mol. The van der Waals surface area contributed by atoms with Crippen LogP contribution >= 0.6 is 11.6 Å². The van der Waals surface area contributed by atoms with E-state index in [0.29, 0.717) is 0 Å². The molecule has 0 aliphatic heterocycles. The molecule has 1 fully saturated rings. The van der Waals surface area contributed by atoms with Crippen molar-refractivity contribution in [2.75, 3.05) is 10.7 Å². The average Bonchev–Trinajstić information content (AvgIpc) is 3.01. The van der Waals surface area contributed by atoms with E-state index in [1.807, 2.05) is 0 Å². The van der Waals surface area contributed by atoms with Crippen LogP contribution < -0.4 is 16.6 Å². The van der Waals surface area contributed by atoms with Gasteiger partial charge in [0.1, 0.15) is 10.6 Å². The number of nitrogens with one attached hydrogen (secondary N) is 2. The molecule has 0 radical (unpaired) electrons. The first-order valence-corrected chi connectivity index (χ1v) is 5.10. The third kappa shape index (κ3) is 2.22. The van der Waals surface area contributed by atoms with Gasteiger partial charge < -0.3 is 5.32 Å². The van der Waals surface area contributed by atoms with Crippen molar-refractivity contribution in [2.24, 2.45) is 5.84 Å². The summed E-state index contributed by atoms with van der Waals surface area (Å²) >= 11 is 5.71. The predicted molar refractivity (Wildman–Crippen MR) is 56.5 cm³/mol. The van der Waals surface area contributed by atoms with E-state index in [-0.39, 0.29) is 29.6 Å². The van der Waals surface area contributed by atoms with Crippen LogP contribution in [-0.4, -0.2) is 21.7 Å². The van der Waals surface area contributed by atoms with Crippen LogP contribution in [0.3, 0.4) is 0 Å². The van der Waals surface area contributed by atoms with Gasteiger partial charge in [-0.05, 0) is 12.8 Å². The summed E-state index contributed by atoms with van der Waals surface area (Å²) in [7, 11) is 0. The van der Waals surface area contributed by atoms with Crippen molar-refractivity contribution in [1.82, 2.24) is 9.97 Å². The molecule has 94 valence electrons. The average molecular weight is 268 g/mol. The number of nitrogens with two attached hydrogens (primary N) is 1. The van der Waals surface area contributed by atoms with E-state index in [1.165, 1.54) is 6.20 Å². The molecule has 0 aromatic carbocycles. The van der Waals surface area contributed by atoms with Crippen molar-refractivity contribution < 1.29 is 13.2 Å². The Kier molecular flexibility index (Phi) is 2.78. The Morgan fingerprint density at radius 3 is 2.53 bits per heavy atom. The van der Waals surface area contributed by atoms with E-state index in [2.05, 4.69) is 20.7 Å². The normalized spacial score (nSPS) is 17.7. The maximum absolute atomic E-state index is 12.7. The fourth-order valence-corrected chi connectivity index (χ4v) is 1.49. The van der Waals surface area contributed by atoms with Gasteiger partial charge >= 0.3 is 6.18 Å². The highest BCUT2D eigenvalue weighted by Crippen LogP contribution is 2.51. The standard InChI is InChI=1S/C8H9ClF3N5/c9-4-3-14-6(17-13)15-5(4)16-7(1-2-7)8(10,11)12/h3H,1-2,13H2,(H2,14,15,16,17). The van der Waals surface area contributed by atoms with E-state index in [1.54, 1.807) is 0 Å². The lowest BCUT2D eigenvalue weighted by Gasteiger charge is -2.21. The maximum Gasteiger partial charge on any atom is 0.411 e. The Bertz CT molecular complexity index is 432. The van der Waals surface area contributed by atoms with Crippen LogP contribution in [0, 0.1) is 0 Å². The van der Waals surface area contributed by atoms with Gasteiger partial charge in [0, 0.05) is 0 Å². The third-order valence-corrected chi connectivity index (χ3v) is 2.80. The second kappa shape index (κ2) is 3.88. The monoisotopic (exact) mass is 267 g/mol. The lowest BCUT2D eigenvalue weighted by Crippen LogP contribution is -2.39. The number of hydrazine groups is 1. The molecule has 1 aliphatic carbocycles. The van der Waals surface area contributed by atoms with Crippen LogP contribution in [0.25, 0.3) is 0 Å². The summed E-state index contributed by atoms with van der Waals surface area (Å²) in [5.74, 6) is 4.98. The van der Waals surface area contributed by atoms with Gasteiger partial charge in [-0.25, -0.2) is 10.8 Å². The van der Waals surface area contributed by atoms with Gasteiger partial charge in [0.15, 0.2) is 5.82 Å². The van der Waals surface area contributed by atoms with Crippen molar-refractivity contribution in [2.45, 2.75) is 24.6 Å². The zero-order valence-electron chi connectivity index (χ0n) is 8.48. The summed E-state index contributed by atoms with van der Waals surface area (Å²) in [6, 6.07) is 0. The SMILES string of the molecule is NNc1ncc(Cl)c(NC2(C(F)(F)F)CC2)n1. The Morgan fingerprint density at radius 1 is 1.41 bits per heavy atom. The fourth-order valence-electron chi connectivity index (χ4n) is 1.36. The summed E-state index contributed by atoms with van der Waals surface area (Å²) in [4.78, 5) is 7.41. The first-order chi connectivity index (χ1) is 7.88. The van der Waals surface area contributed by atoms with Gasteiger partial charge in [-0.2, -0.15) is 18.2 Å². The van der Waals surface area contributed by atoms with Gasteiger partial charge in [-0.15, -0.1) is 0 Å². The minimum Gasteiger partial charge on any atom is -0.355 e. The Hall–Kier alpha value is -1.28. The highest BCUT2D eigenvalue weighted by Gasteiger charge is 2.63. The highest BCUT2D eigenvalue weighted by molar-refractivity contribution is 6.32. The van der Waals surface area contributed by atoms with Gasteiger partial charge in [-0.1, -0.05) is 11.6 Å². The number of halogens is 4. The van der Waals surface area contributed by atoms with Crippen molar-refractivity contribution in [3.8, 4) is 0 Å². The lowest BCUT2D eigenvalue weighted by atomic mass is 10.2. The molecule has 0 bridgehead atoms. The zero-order valence-corrected chi connectivity index (χ0v) is 9.23. The van der Waals surface area contributed by atoms with E-state index < -0.39 is 11.7 Å². The summed E-state index contributed by atoms with van der Waals surface area (Å²) in [5.41, 5.74) is 0.218. The minimum absolute atomic E-state index is 0.00220. The molecule has 4 N–H and O–H groups in total. The van der Waals surface area contributed by atoms with Gasteiger partial charge in [-0.3, -0.25) is 5.43 Å². The molecule has 5 nitrogen and oxygen atoms in total. The highest BCUT2D eigenvalue weighted by atomic mass is 35.5. The molecule has 0 spiro atoms. The molecule has 17 heavy (non-hydrogen) atoms. The van der Waals surface area contributed by atoms with Crippen molar-refractivity contribution >= 4 is 23.4 Å². The number of nitrogen functional groups attached to an aromatic ring is 1. The zero-order chi connectivity index (χ0) is 12.7. The molecule has 1 aromatic rings. The van der Waals surface area contributed by atoms with Gasteiger partial charge in [0.25, 0.3) is 0 Å². The lowest BCUT2D eigenvalue weighted by molar-refractivity contribution is -0.151. The predicted octanol–water partition coefficient (Wildman–Crippen LogP) is 1.92. The number of anilines is 2. The number of hydrogen-bond acceptors (Lipinski definition) is 5. The fraction of sp³-hybridized carbons (Fsp3) is 0.500. The van der Waals surface area contributed by atoms with E-state index >= 15 is 0 Å². The number of alkyl halides is 3. The molecule has 1 aliphatic rings. The molecule has 0 atom stereocenters. The minimum atomic E-state index is -4.34. The topological polar surface area (TPSA) is 75.9 Å². The molecule has 0 unspecified atom stereocenters. The van der Waals surface area contributed by atoms with Gasteiger partial charge in [0.2, 0.25) is 5.95 Å². The van der Waals surface area contributed by atoms with E-state index in [4.69, 9.17) is 17.4 Å². The quantitative estimate of drug-likeness (QED) is 0.576. The summed E-state index contributed by atoms with van der Waals surface area (Å²) in [5, 5.41) is 2.32. The molecule has 9 heteroatoms. The second-order valence-corrected chi connectivity index (χ2v) is 4.15. The number of aromatic nitrogens is 2. The summed E-state index contributed by atoms with van der Waals surface area (Å²) in [6.45, 7) is 0. The first-order valence-electron chi connectivity index (χ1n) is 4.72. The Labute approximate surface area is 99.5 Å². The van der Waals surface area contributed by atoms with Crippen LogP contribution in [0.1, 0.15) is 12.8 Å². The third-order valence-electron chi connectivity index (χ3n) is 2.52. The Balaban J connectivity index is 2.25. The van der Waals surface area contributed by atoms with Crippen molar-refractivity contribution in [3.05, 3.63) is 11.2 Å². The first kappa shape index (κ1) is 12.2.